The number of rotatable bonds is 11. The summed E-state index contributed by atoms with van der Waals surface area (Å²) in [7, 11) is 0. The zero-order valence-electron chi connectivity index (χ0n) is 13.9. The van der Waals surface area contributed by atoms with Crippen LogP contribution in [0, 0.1) is 0 Å². The van der Waals surface area contributed by atoms with E-state index in [2.05, 4.69) is 24.1 Å². The van der Waals surface area contributed by atoms with Gasteiger partial charge in [-0.1, -0.05) is 37.7 Å². The zero-order valence-corrected chi connectivity index (χ0v) is 14.7. The van der Waals surface area contributed by atoms with Crippen molar-refractivity contribution in [3.8, 4) is 0 Å². The minimum atomic E-state index is -2.50. The number of para-hydroxylation sites is 1. The van der Waals surface area contributed by atoms with Gasteiger partial charge in [-0.3, -0.25) is 4.79 Å². The molecule has 1 N–H and O–H groups in total. The first kappa shape index (κ1) is 19.9. The number of hydrogen-bond acceptors (Lipinski definition) is 3. The van der Waals surface area contributed by atoms with E-state index in [1.807, 2.05) is 0 Å². The molecule has 0 aliphatic carbocycles. The number of halogens is 2. The molecular formula is C17H26F2N2OS. The molecule has 1 aromatic rings. The zero-order chi connectivity index (χ0) is 17.1. The molecule has 0 unspecified atom stereocenters. The Morgan fingerprint density at radius 1 is 1.17 bits per heavy atom. The van der Waals surface area contributed by atoms with E-state index in [-0.39, 0.29) is 5.91 Å². The normalized spacial score (nSPS) is 11.2. The van der Waals surface area contributed by atoms with Crippen molar-refractivity contribution >= 4 is 23.4 Å². The summed E-state index contributed by atoms with van der Waals surface area (Å²) in [6.07, 6.45) is 3.38. The molecule has 1 rings (SSSR count). The van der Waals surface area contributed by atoms with Gasteiger partial charge in [-0.2, -0.15) is 8.78 Å². The van der Waals surface area contributed by atoms with Crippen molar-refractivity contribution in [2.24, 2.45) is 0 Å². The summed E-state index contributed by atoms with van der Waals surface area (Å²) in [5.41, 5.74) is 0.460. The van der Waals surface area contributed by atoms with Gasteiger partial charge in [0.05, 0.1) is 5.69 Å². The Morgan fingerprint density at radius 3 is 2.43 bits per heavy atom. The van der Waals surface area contributed by atoms with E-state index in [4.69, 9.17) is 0 Å². The number of nitrogens with one attached hydrogen (secondary N) is 1. The van der Waals surface area contributed by atoms with E-state index >= 15 is 0 Å². The third-order valence-electron chi connectivity index (χ3n) is 3.34. The number of anilines is 1. The molecule has 23 heavy (non-hydrogen) atoms. The fourth-order valence-electron chi connectivity index (χ4n) is 2.41. The van der Waals surface area contributed by atoms with E-state index in [1.54, 1.807) is 24.3 Å². The summed E-state index contributed by atoms with van der Waals surface area (Å²) in [5.74, 6) is -2.62. The average molecular weight is 344 g/mol. The lowest BCUT2D eigenvalue weighted by Crippen LogP contribution is -2.27. The van der Waals surface area contributed by atoms with Gasteiger partial charge in [0.1, 0.15) is 0 Å². The van der Waals surface area contributed by atoms with Gasteiger partial charge in [0.25, 0.3) is 5.76 Å². The number of carbonyl (C=O) groups excluding carboxylic acids is 1. The molecule has 0 heterocycles. The molecule has 0 saturated carbocycles. The van der Waals surface area contributed by atoms with Gasteiger partial charge in [0.2, 0.25) is 5.91 Å². The molecule has 0 radical (unpaired) electrons. The summed E-state index contributed by atoms with van der Waals surface area (Å²) < 4.78 is 25.0. The van der Waals surface area contributed by atoms with E-state index in [1.165, 1.54) is 0 Å². The van der Waals surface area contributed by atoms with Crippen molar-refractivity contribution in [2.75, 3.05) is 25.0 Å². The second-order valence-electron chi connectivity index (χ2n) is 5.37. The topological polar surface area (TPSA) is 32.3 Å². The van der Waals surface area contributed by atoms with Crippen molar-refractivity contribution in [1.82, 2.24) is 4.90 Å². The molecule has 0 aliphatic rings. The molecule has 0 spiro atoms. The van der Waals surface area contributed by atoms with E-state index in [9.17, 15) is 13.6 Å². The molecule has 1 amide bonds. The first-order valence-electron chi connectivity index (χ1n) is 8.12. The Balaban J connectivity index is 2.44. The molecular weight excluding hydrogens is 318 g/mol. The Hall–Kier alpha value is -1.14. The predicted octanol–water partition coefficient (Wildman–Crippen LogP) is 4.84. The van der Waals surface area contributed by atoms with Crippen LogP contribution in [0.1, 0.15) is 39.5 Å². The summed E-state index contributed by atoms with van der Waals surface area (Å²) in [5, 5.41) is 2.74. The van der Waals surface area contributed by atoms with Gasteiger partial charge >= 0.3 is 0 Å². The number of thioether (sulfide) groups is 1. The number of amides is 1. The third-order valence-corrected chi connectivity index (χ3v) is 4.12. The van der Waals surface area contributed by atoms with Gasteiger partial charge in [-0.05, 0) is 51.0 Å². The molecule has 0 aliphatic heterocycles. The molecule has 0 bridgehead atoms. The van der Waals surface area contributed by atoms with Crippen LogP contribution in [0.3, 0.4) is 0 Å². The molecule has 6 heteroatoms. The first-order chi connectivity index (χ1) is 11.1. The summed E-state index contributed by atoms with van der Waals surface area (Å²) in [4.78, 5) is 14.8. The smallest absolute Gasteiger partial charge is 0.288 e. The van der Waals surface area contributed by atoms with Gasteiger partial charge in [-0.15, -0.1) is 0 Å². The lowest BCUT2D eigenvalue weighted by atomic mass is 10.2. The Labute approximate surface area is 141 Å². The predicted molar refractivity (Wildman–Crippen MR) is 93.2 cm³/mol. The number of alkyl halides is 2. The van der Waals surface area contributed by atoms with Crippen LogP contribution in [0.5, 0.6) is 0 Å². The highest BCUT2D eigenvalue weighted by Crippen LogP contribution is 2.31. The molecule has 1 aromatic carbocycles. The Kier molecular flexibility index (Phi) is 9.87. The van der Waals surface area contributed by atoms with Gasteiger partial charge in [-0.25, -0.2) is 0 Å². The van der Waals surface area contributed by atoms with E-state index in [0.29, 0.717) is 28.8 Å². The van der Waals surface area contributed by atoms with Crippen LogP contribution in [0.25, 0.3) is 0 Å². The summed E-state index contributed by atoms with van der Waals surface area (Å²) >= 11 is 0.453. The van der Waals surface area contributed by atoms with Crippen molar-refractivity contribution in [1.29, 1.82) is 0 Å². The lowest BCUT2D eigenvalue weighted by molar-refractivity contribution is -0.116. The molecule has 3 nitrogen and oxygen atoms in total. The second-order valence-corrected chi connectivity index (χ2v) is 6.40. The highest BCUT2D eigenvalue weighted by atomic mass is 32.2. The van der Waals surface area contributed by atoms with Crippen molar-refractivity contribution in [2.45, 2.75) is 50.2 Å². The maximum absolute atomic E-state index is 12.5. The average Bonchev–Trinajstić information content (AvgIpc) is 2.49. The van der Waals surface area contributed by atoms with E-state index < -0.39 is 5.76 Å². The van der Waals surface area contributed by atoms with Crippen LogP contribution in [0.15, 0.2) is 29.2 Å². The van der Waals surface area contributed by atoms with Crippen LogP contribution in [-0.2, 0) is 4.79 Å². The van der Waals surface area contributed by atoms with Crippen molar-refractivity contribution in [3.63, 3.8) is 0 Å². The van der Waals surface area contributed by atoms with Gasteiger partial charge in [0, 0.05) is 11.3 Å². The maximum atomic E-state index is 12.5. The maximum Gasteiger partial charge on any atom is 0.288 e. The first-order valence-corrected chi connectivity index (χ1v) is 9.00. The standard InChI is InChI=1S/C17H26F2N2OS/c1-3-11-21(12-4-2)13-7-10-16(22)20-14-8-5-6-9-15(14)23-17(18)19/h5-6,8-9,17H,3-4,7,10-13H2,1-2H3,(H,20,22). The fourth-order valence-corrected chi connectivity index (χ4v) is 3.01. The van der Waals surface area contributed by atoms with Gasteiger partial charge in [0.15, 0.2) is 0 Å². The summed E-state index contributed by atoms with van der Waals surface area (Å²) in [6, 6.07) is 6.67. The van der Waals surface area contributed by atoms with Crippen LogP contribution < -0.4 is 5.32 Å². The SMILES string of the molecule is CCCN(CCC)CCCC(=O)Nc1ccccc1SC(F)F. The van der Waals surface area contributed by atoms with E-state index in [0.717, 1.165) is 38.9 Å². The molecule has 0 aromatic heterocycles. The van der Waals surface area contributed by atoms with Gasteiger partial charge < -0.3 is 10.2 Å². The monoisotopic (exact) mass is 344 g/mol. The largest absolute Gasteiger partial charge is 0.325 e. The van der Waals surface area contributed by atoms with Crippen LogP contribution >= 0.6 is 11.8 Å². The lowest BCUT2D eigenvalue weighted by Gasteiger charge is -2.20. The van der Waals surface area contributed by atoms with Crippen LogP contribution in [-0.4, -0.2) is 36.2 Å². The molecule has 0 fully saturated rings. The van der Waals surface area contributed by atoms with Crippen LogP contribution in [0.2, 0.25) is 0 Å². The Morgan fingerprint density at radius 2 is 1.83 bits per heavy atom. The highest BCUT2D eigenvalue weighted by molar-refractivity contribution is 7.99. The quantitative estimate of drug-likeness (QED) is 0.583. The molecule has 0 atom stereocenters. The molecule has 130 valence electrons. The van der Waals surface area contributed by atoms with Crippen molar-refractivity contribution in [3.05, 3.63) is 24.3 Å². The fraction of sp³-hybridized carbons (Fsp3) is 0.588. The van der Waals surface area contributed by atoms with Crippen LogP contribution in [0.4, 0.5) is 14.5 Å². The minimum absolute atomic E-state index is 0.125. The van der Waals surface area contributed by atoms with Crippen molar-refractivity contribution < 1.29 is 13.6 Å². The number of hydrogen-bond donors (Lipinski definition) is 1. The number of carbonyl (C=O) groups is 1. The highest BCUT2D eigenvalue weighted by Gasteiger charge is 2.12. The Bertz CT molecular complexity index is 466. The minimum Gasteiger partial charge on any atom is -0.325 e. The third kappa shape index (κ3) is 8.32. The number of nitrogens with zero attached hydrogens (tertiary/aromatic N) is 1. The second kappa shape index (κ2) is 11.4. The molecule has 0 saturated heterocycles. The number of benzene rings is 1. The summed E-state index contributed by atoms with van der Waals surface area (Å²) in [6.45, 7) is 7.27.